The molecule has 8 unspecified atom stereocenters. The van der Waals surface area contributed by atoms with E-state index in [9.17, 15) is 20.4 Å². The lowest BCUT2D eigenvalue weighted by Crippen LogP contribution is -2.60. The lowest BCUT2D eigenvalue weighted by molar-refractivity contribution is -0.313. The Labute approximate surface area is 249 Å². The van der Waals surface area contributed by atoms with Crippen LogP contribution < -0.4 is 0 Å². The lowest BCUT2D eigenvalue weighted by Gasteiger charge is -2.58. The highest BCUT2D eigenvalue weighted by Crippen LogP contribution is 2.67. The van der Waals surface area contributed by atoms with Gasteiger partial charge in [-0.05, 0) is 110 Å². The standard InChI is InChI=1S/C35H60O6/c1-7-22(20(2)3)9-8-21(4)26-12-13-27-25-11-10-23-18-24(14-16-34(23,5)28(25)15-17-35(26,27)6)40-33-32(39)31(38)30(37)29(19-36)41-33/h10,20-22,24-33,36-39H,7-9,11-19H2,1-6H3/t21?,22?,24?,25-,26-,27-,28+,29?,30?,31?,32?,33?,34-,35+/m0/s1. The van der Waals surface area contributed by atoms with Crippen molar-refractivity contribution in [2.45, 2.75) is 149 Å². The number of ether oxygens (including phenoxy) is 2. The van der Waals surface area contributed by atoms with Crippen LogP contribution >= 0.6 is 0 Å². The van der Waals surface area contributed by atoms with Gasteiger partial charge in [0.1, 0.15) is 24.4 Å². The van der Waals surface area contributed by atoms with Gasteiger partial charge >= 0.3 is 0 Å². The van der Waals surface area contributed by atoms with Gasteiger partial charge in [0.2, 0.25) is 0 Å². The Hall–Kier alpha value is -0.500. The van der Waals surface area contributed by atoms with Crippen molar-refractivity contribution in [1.29, 1.82) is 0 Å². The summed E-state index contributed by atoms with van der Waals surface area (Å²) in [5, 5.41) is 40.4. The second-order valence-electron chi connectivity index (χ2n) is 15.7. The van der Waals surface area contributed by atoms with E-state index >= 15 is 0 Å². The van der Waals surface area contributed by atoms with Gasteiger partial charge in [0, 0.05) is 0 Å². The summed E-state index contributed by atoms with van der Waals surface area (Å²) in [7, 11) is 0. The minimum atomic E-state index is -1.40. The maximum absolute atomic E-state index is 10.5. The summed E-state index contributed by atoms with van der Waals surface area (Å²) in [4.78, 5) is 0. The Morgan fingerprint density at radius 3 is 2.39 bits per heavy atom. The van der Waals surface area contributed by atoms with Crippen LogP contribution in [0.25, 0.3) is 0 Å². The largest absolute Gasteiger partial charge is 0.394 e. The maximum Gasteiger partial charge on any atom is 0.186 e. The molecule has 0 aromatic rings. The number of hydrogen-bond acceptors (Lipinski definition) is 6. The minimum Gasteiger partial charge on any atom is -0.394 e. The zero-order valence-electron chi connectivity index (χ0n) is 26.7. The first kappa shape index (κ1) is 31.9. The molecule has 5 aliphatic rings. The van der Waals surface area contributed by atoms with E-state index in [0.29, 0.717) is 5.41 Å². The van der Waals surface area contributed by atoms with Crippen molar-refractivity contribution in [1.82, 2.24) is 0 Å². The summed E-state index contributed by atoms with van der Waals surface area (Å²) >= 11 is 0. The summed E-state index contributed by atoms with van der Waals surface area (Å²) in [5.74, 6) is 5.66. The molecule has 4 aliphatic carbocycles. The Bertz CT molecular complexity index is 918. The van der Waals surface area contributed by atoms with Gasteiger partial charge in [-0.1, -0.05) is 66.0 Å². The highest BCUT2D eigenvalue weighted by Gasteiger charge is 2.59. The number of fused-ring (bicyclic) bond motifs is 5. The van der Waals surface area contributed by atoms with Gasteiger partial charge in [-0.2, -0.15) is 0 Å². The molecule has 4 fully saturated rings. The van der Waals surface area contributed by atoms with E-state index in [1.54, 1.807) is 0 Å². The van der Waals surface area contributed by atoms with E-state index in [-0.39, 0.29) is 11.5 Å². The number of rotatable bonds is 9. The molecule has 4 N–H and O–H groups in total. The Morgan fingerprint density at radius 2 is 1.71 bits per heavy atom. The highest BCUT2D eigenvalue weighted by atomic mass is 16.7. The van der Waals surface area contributed by atoms with Gasteiger partial charge in [-0.15, -0.1) is 0 Å². The highest BCUT2D eigenvalue weighted by molar-refractivity contribution is 5.25. The first-order valence-electron chi connectivity index (χ1n) is 17.1. The summed E-state index contributed by atoms with van der Waals surface area (Å²) in [6.07, 6.45) is 9.92. The van der Waals surface area contributed by atoms with Crippen molar-refractivity contribution >= 4 is 0 Å². The zero-order valence-corrected chi connectivity index (χ0v) is 26.7. The van der Waals surface area contributed by atoms with Crippen LogP contribution in [-0.2, 0) is 9.47 Å². The van der Waals surface area contributed by atoms with Crippen LogP contribution in [0.5, 0.6) is 0 Å². The van der Waals surface area contributed by atoms with E-state index < -0.39 is 37.3 Å². The first-order chi connectivity index (χ1) is 19.4. The van der Waals surface area contributed by atoms with Crippen molar-refractivity contribution < 1.29 is 29.9 Å². The van der Waals surface area contributed by atoms with Crippen molar-refractivity contribution in [3.8, 4) is 0 Å². The summed E-state index contributed by atoms with van der Waals surface area (Å²) in [6.45, 7) is 14.5. The molecule has 41 heavy (non-hydrogen) atoms. The maximum atomic E-state index is 10.5. The normalized spacial score (nSPS) is 47.7. The fraction of sp³-hybridized carbons (Fsp3) is 0.943. The van der Waals surface area contributed by atoms with Crippen LogP contribution in [0, 0.1) is 52.3 Å². The number of aliphatic hydroxyl groups is 4. The average molecular weight is 577 g/mol. The second-order valence-corrected chi connectivity index (χ2v) is 15.7. The van der Waals surface area contributed by atoms with Crippen LogP contribution in [0.15, 0.2) is 11.6 Å². The molecule has 1 saturated heterocycles. The molecule has 14 atom stereocenters. The molecule has 6 heteroatoms. The fourth-order valence-electron chi connectivity index (χ4n) is 10.8. The van der Waals surface area contributed by atoms with Crippen LogP contribution in [0.4, 0.5) is 0 Å². The van der Waals surface area contributed by atoms with Crippen molar-refractivity contribution in [3.63, 3.8) is 0 Å². The second kappa shape index (κ2) is 12.5. The lowest BCUT2D eigenvalue weighted by atomic mass is 9.47. The zero-order chi connectivity index (χ0) is 29.7. The van der Waals surface area contributed by atoms with Crippen LogP contribution in [-0.4, -0.2) is 63.8 Å². The van der Waals surface area contributed by atoms with E-state index in [2.05, 4.69) is 47.6 Å². The third kappa shape index (κ3) is 5.73. The van der Waals surface area contributed by atoms with Crippen molar-refractivity contribution in [3.05, 3.63) is 11.6 Å². The molecule has 0 radical (unpaired) electrons. The average Bonchev–Trinajstić information content (AvgIpc) is 3.30. The SMILES string of the molecule is CCC(CCC(C)[C@@H]1CC[C@H]2[C@@H]3CC=C4CC(OC5OC(CO)C(O)C(O)C5O)CC[C@]4(C)[C@@H]3CC[C@]12C)C(C)C. The molecule has 1 aliphatic heterocycles. The van der Waals surface area contributed by atoms with Gasteiger partial charge in [0.25, 0.3) is 0 Å². The van der Waals surface area contributed by atoms with E-state index in [1.807, 2.05) is 0 Å². The summed E-state index contributed by atoms with van der Waals surface area (Å²) in [5.41, 5.74) is 2.19. The third-order valence-electron chi connectivity index (χ3n) is 13.5. The third-order valence-corrected chi connectivity index (χ3v) is 13.5. The predicted octanol–water partition coefficient (Wildman–Crippen LogP) is 5.85. The first-order valence-corrected chi connectivity index (χ1v) is 17.1. The Balaban J connectivity index is 1.24. The number of allylic oxidation sites excluding steroid dienone is 1. The van der Waals surface area contributed by atoms with E-state index in [4.69, 9.17) is 9.47 Å². The van der Waals surface area contributed by atoms with E-state index in [0.717, 1.165) is 60.7 Å². The van der Waals surface area contributed by atoms with E-state index in [1.165, 1.54) is 56.9 Å². The van der Waals surface area contributed by atoms with Crippen molar-refractivity contribution in [2.24, 2.45) is 52.3 Å². The molecule has 0 amide bonds. The minimum absolute atomic E-state index is 0.101. The molecular formula is C35H60O6. The number of aliphatic hydroxyl groups excluding tert-OH is 4. The van der Waals surface area contributed by atoms with Gasteiger partial charge < -0.3 is 29.9 Å². The molecule has 0 bridgehead atoms. The molecule has 0 aromatic carbocycles. The quantitative estimate of drug-likeness (QED) is 0.257. The monoisotopic (exact) mass is 576 g/mol. The topological polar surface area (TPSA) is 99.4 Å². The molecular weight excluding hydrogens is 516 g/mol. The molecule has 1 heterocycles. The fourth-order valence-corrected chi connectivity index (χ4v) is 10.8. The van der Waals surface area contributed by atoms with Gasteiger partial charge in [-0.3, -0.25) is 0 Å². The molecule has 0 aromatic heterocycles. The molecule has 6 nitrogen and oxygen atoms in total. The Morgan fingerprint density at radius 1 is 0.951 bits per heavy atom. The molecule has 236 valence electrons. The summed E-state index contributed by atoms with van der Waals surface area (Å²) in [6, 6.07) is 0. The van der Waals surface area contributed by atoms with Gasteiger partial charge in [0.15, 0.2) is 6.29 Å². The number of hydrogen-bond donors (Lipinski definition) is 4. The molecule has 3 saturated carbocycles. The summed E-state index contributed by atoms with van der Waals surface area (Å²) < 4.78 is 11.9. The predicted molar refractivity (Wildman–Crippen MR) is 161 cm³/mol. The van der Waals surface area contributed by atoms with Crippen molar-refractivity contribution in [2.75, 3.05) is 6.61 Å². The smallest absolute Gasteiger partial charge is 0.186 e. The van der Waals surface area contributed by atoms with Crippen LogP contribution in [0.1, 0.15) is 112 Å². The van der Waals surface area contributed by atoms with Crippen LogP contribution in [0.3, 0.4) is 0 Å². The molecule has 5 rings (SSSR count). The van der Waals surface area contributed by atoms with Gasteiger partial charge in [0.05, 0.1) is 12.7 Å². The Kier molecular flexibility index (Phi) is 9.71. The molecule has 0 spiro atoms. The van der Waals surface area contributed by atoms with Crippen LogP contribution in [0.2, 0.25) is 0 Å². The van der Waals surface area contributed by atoms with Gasteiger partial charge in [-0.25, -0.2) is 0 Å².